The molecular weight excluding hydrogens is 264 g/mol. The Morgan fingerprint density at radius 3 is 2.44 bits per heavy atom. The predicted octanol–water partition coefficient (Wildman–Crippen LogP) is 2.98. The van der Waals surface area contributed by atoms with E-state index in [1.807, 2.05) is 0 Å². The quantitative estimate of drug-likeness (QED) is 0.932. The summed E-state index contributed by atoms with van der Waals surface area (Å²) in [5.74, 6) is 0.280. The first-order valence-electron chi connectivity index (χ1n) is 4.90. The maximum Gasteiger partial charge on any atom is 0.387 e. The molecule has 94 valence electrons. The van der Waals surface area contributed by atoms with Gasteiger partial charge in [-0.25, -0.2) is 0 Å². The lowest BCUT2D eigenvalue weighted by Gasteiger charge is -2.07. The van der Waals surface area contributed by atoms with Gasteiger partial charge in [-0.2, -0.15) is 8.78 Å². The van der Waals surface area contributed by atoms with Crippen LogP contribution in [0.15, 0.2) is 30.3 Å². The molecule has 0 atom stereocenters. The van der Waals surface area contributed by atoms with Crippen molar-refractivity contribution in [3.05, 3.63) is 35.5 Å². The number of rotatable bonds is 3. The van der Waals surface area contributed by atoms with Crippen LogP contribution >= 0.6 is 11.6 Å². The van der Waals surface area contributed by atoms with E-state index in [1.54, 1.807) is 18.2 Å². The van der Waals surface area contributed by atoms with E-state index in [0.717, 1.165) is 0 Å². The summed E-state index contributed by atoms with van der Waals surface area (Å²) in [6.45, 7) is -2.85. The van der Waals surface area contributed by atoms with Crippen LogP contribution in [0.1, 0.15) is 0 Å². The summed E-state index contributed by atoms with van der Waals surface area (Å²) in [6, 6.07) is 7.54. The minimum Gasteiger partial charge on any atom is -0.435 e. The third kappa shape index (κ3) is 2.84. The van der Waals surface area contributed by atoms with Crippen molar-refractivity contribution in [2.24, 2.45) is 0 Å². The number of benzene rings is 1. The van der Waals surface area contributed by atoms with Crippen LogP contribution in [0.2, 0.25) is 5.15 Å². The largest absolute Gasteiger partial charge is 0.435 e. The molecule has 7 heteroatoms. The van der Waals surface area contributed by atoms with Gasteiger partial charge in [0.1, 0.15) is 5.75 Å². The van der Waals surface area contributed by atoms with E-state index >= 15 is 0 Å². The van der Waals surface area contributed by atoms with Gasteiger partial charge in [0, 0.05) is 5.56 Å². The molecule has 0 bridgehead atoms. The predicted molar refractivity (Wildman–Crippen MR) is 63.5 cm³/mol. The van der Waals surface area contributed by atoms with Crippen molar-refractivity contribution in [1.82, 2.24) is 10.2 Å². The Kier molecular flexibility index (Phi) is 3.57. The normalized spacial score (nSPS) is 10.7. The molecule has 0 amide bonds. The molecule has 18 heavy (non-hydrogen) atoms. The summed E-state index contributed by atoms with van der Waals surface area (Å²) >= 11 is 5.71. The molecule has 0 fully saturated rings. The van der Waals surface area contributed by atoms with E-state index in [1.165, 1.54) is 12.1 Å². The number of aromatic nitrogens is 2. The van der Waals surface area contributed by atoms with E-state index in [2.05, 4.69) is 14.9 Å². The molecule has 0 saturated heterocycles. The number of nitrogen functional groups attached to an aromatic ring is 1. The molecule has 1 aromatic heterocycles. The maximum absolute atomic E-state index is 12.0. The van der Waals surface area contributed by atoms with Crippen LogP contribution in [0, 0.1) is 0 Å². The second-order valence-corrected chi connectivity index (χ2v) is 3.76. The van der Waals surface area contributed by atoms with Crippen molar-refractivity contribution >= 4 is 17.4 Å². The van der Waals surface area contributed by atoms with E-state index in [0.29, 0.717) is 11.1 Å². The lowest BCUT2D eigenvalue weighted by Crippen LogP contribution is -2.01. The van der Waals surface area contributed by atoms with Crippen LogP contribution in [0.25, 0.3) is 11.1 Å². The fourth-order valence-corrected chi connectivity index (χ4v) is 1.57. The molecule has 0 aliphatic rings. The van der Waals surface area contributed by atoms with Crippen LogP contribution < -0.4 is 10.5 Å². The van der Waals surface area contributed by atoms with Gasteiger partial charge in [-0.05, 0) is 23.8 Å². The average Bonchev–Trinajstić information content (AvgIpc) is 2.33. The van der Waals surface area contributed by atoms with E-state index in [4.69, 9.17) is 17.3 Å². The van der Waals surface area contributed by atoms with E-state index in [-0.39, 0.29) is 16.7 Å². The number of nitrogens with two attached hydrogens (primary N) is 1. The molecular formula is C11H8ClF2N3O. The number of nitrogens with zero attached hydrogens (tertiary/aromatic N) is 2. The number of halogens is 3. The molecule has 1 heterocycles. The summed E-state index contributed by atoms with van der Waals surface area (Å²) in [6.07, 6.45) is 0. The first-order chi connectivity index (χ1) is 8.56. The summed E-state index contributed by atoms with van der Waals surface area (Å²) < 4.78 is 28.2. The molecule has 0 spiro atoms. The van der Waals surface area contributed by atoms with Gasteiger partial charge in [0.05, 0.1) is 0 Å². The third-order valence-corrected chi connectivity index (χ3v) is 2.37. The lowest BCUT2D eigenvalue weighted by molar-refractivity contribution is -0.0498. The second-order valence-electron chi connectivity index (χ2n) is 3.37. The topological polar surface area (TPSA) is 61.0 Å². The van der Waals surface area contributed by atoms with E-state index in [9.17, 15) is 8.78 Å². The van der Waals surface area contributed by atoms with Crippen molar-refractivity contribution in [3.63, 3.8) is 0 Å². The third-order valence-electron chi connectivity index (χ3n) is 2.18. The smallest absolute Gasteiger partial charge is 0.387 e. The summed E-state index contributed by atoms with van der Waals surface area (Å²) in [7, 11) is 0. The highest BCUT2D eigenvalue weighted by atomic mass is 35.5. The molecule has 0 unspecified atom stereocenters. The van der Waals surface area contributed by atoms with Crippen molar-refractivity contribution in [1.29, 1.82) is 0 Å². The fourth-order valence-electron chi connectivity index (χ4n) is 1.42. The Hall–Kier alpha value is -1.95. The zero-order valence-electron chi connectivity index (χ0n) is 8.98. The summed E-state index contributed by atoms with van der Waals surface area (Å²) in [4.78, 5) is 0. The Bertz CT molecular complexity index is 548. The van der Waals surface area contributed by atoms with Gasteiger partial charge >= 0.3 is 6.61 Å². The molecule has 0 aliphatic carbocycles. The Balaban J connectivity index is 2.31. The minimum absolute atomic E-state index is 0.0698. The van der Waals surface area contributed by atoms with Gasteiger partial charge in [-0.1, -0.05) is 23.7 Å². The Morgan fingerprint density at radius 2 is 1.83 bits per heavy atom. The average molecular weight is 272 g/mol. The monoisotopic (exact) mass is 271 g/mol. The maximum atomic E-state index is 12.0. The second kappa shape index (κ2) is 5.14. The molecule has 1 aromatic carbocycles. The van der Waals surface area contributed by atoms with Crippen molar-refractivity contribution in [2.45, 2.75) is 6.61 Å². The van der Waals surface area contributed by atoms with Crippen LogP contribution in [0.4, 0.5) is 14.6 Å². The molecule has 2 N–H and O–H groups in total. The molecule has 0 aliphatic heterocycles. The number of ether oxygens (including phenoxy) is 1. The van der Waals surface area contributed by atoms with Gasteiger partial charge in [0.15, 0.2) is 11.0 Å². The fraction of sp³-hybridized carbons (Fsp3) is 0.0909. The molecule has 2 rings (SSSR count). The number of anilines is 1. The molecule has 2 aromatic rings. The van der Waals surface area contributed by atoms with Gasteiger partial charge < -0.3 is 10.5 Å². The van der Waals surface area contributed by atoms with Crippen LogP contribution in [0.3, 0.4) is 0 Å². The van der Waals surface area contributed by atoms with Gasteiger partial charge in [-0.15, -0.1) is 10.2 Å². The van der Waals surface area contributed by atoms with Crippen LogP contribution in [-0.2, 0) is 0 Å². The summed E-state index contributed by atoms with van der Waals surface area (Å²) in [5.41, 5.74) is 6.92. The minimum atomic E-state index is -2.85. The highest BCUT2D eigenvalue weighted by Gasteiger charge is 2.08. The Morgan fingerprint density at radius 1 is 1.17 bits per heavy atom. The van der Waals surface area contributed by atoms with Crippen LogP contribution in [-0.4, -0.2) is 16.8 Å². The zero-order valence-corrected chi connectivity index (χ0v) is 9.73. The van der Waals surface area contributed by atoms with E-state index < -0.39 is 6.61 Å². The van der Waals surface area contributed by atoms with Crippen molar-refractivity contribution in [2.75, 3.05) is 5.73 Å². The highest BCUT2D eigenvalue weighted by Crippen LogP contribution is 2.27. The lowest BCUT2D eigenvalue weighted by atomic mass is 10.1. The van der Waals surface area contributed by atoms with Gasteiger partial charge in [0.2, 0.25) is 0 Å². The molecule has 0 saturated carbocycles. The summed E-state index contributed by atoms with van der Waals surface area (Å²) in [5, 5.41) is 7.46. The molecule has 4 nitrogen and oxygen atoms in total. The van der Waals surface area contributed by atoms with Crippen LogP contribution in [0.5, 0.6) is 5.75 Å². The zero-order chi connectivity index (χ0) is 13.1. The number of hydrogen-bond acceptors (Lipinski definition) is 4. The van der Waals surface area contributed by atoms with Crippen molar-refractivity contribution in [3.8, 4) is 16.9 Å². The highest BCUT2D eigenvalue weighted by molar-refractivity contribution is 6.29. The first kappa shape index (κ1) is 12.5. The van der Waals surface area contributed by atoms with Gasteiger partial charge in [-0.3, -0.25) is 0 Å². The number of hydrogen-bond donors (Lipinski definition) is 1. The SMILES string of the molecule is Nc1nnc(Cl)cc1-c1ccc(OC(F)F)cc1. The Labute approximate surface area is 106 Å². The number of alkyl halides is 2. The standard InChI is InChI=1S/C11H8ClF2N3O/c12-9-5-8(10(15)17-16-9)6-1-3-7(4-2-6)18-11(13)14/h1-5,11H,(H2,15,17). The first-order valence-corrected chi connectivity index (χ1v) is 5.28. The van der Waals surface area contributed by atoms with Gasteiger partial charge in [0.25, 0.3) is 0 Å². The molecule has 0 radical (unpaired) electrons. The van der Waals surface area contributed by atoms with Crippen molar-refractivity contribution < 1.29 is 13.5 Å².